The van der Waals surface area contributed by atoms with Gasteiger partial charge in [-0.2, -0.15) is 0 Å². The van der Waals surface area contributed by atoms with Crippen LogP contribution in [0.4, 0.5) is 5.69 Å². The summed E-state index contributed by atoms with van der Waals surface area (Å²) in [5, 5.41) is 6.19. The number of hydrazine groups is 1. The van der Waals surface area contributed by atoms with Crippen molar-refractivity contribution in [3.05, 3.63) is 24.3 Å². The van der Waals surface area contributed by atoms with Crippen LogP contribution >= 0.6 is 12.2 Å². The van der Waals surface area contributed by atoms with Gasteiger partial charge in [-0.25, -0.2) is 0 Å². The average Bonchev–Trinajstić information content (AvgIpc) is 2.51. The Morgan fingerprint density at radius 2 is 2.10 bits per heavy atom. The van der Waals surface area contributed by atoms with E-state index < -0.39 is 0 Å². The Labute approximate surface area is 129 Å². The third-order valence-corrected chi connectivity index (χ3v) is 2.68. The van der Waals surface area contributed by atoms with Crippen LogP contribution in [0.1, 0.15) is 0 Å². The van der Waals surface area contributed by atoms with Crippen LogP contribution in [0.15, 0.2) is 24.3 Å². The zero-order valence-electron chi connectivity index (χ0n) is 12.1. The predicted molar refractivity (Wildman–Crippen MR) is 85.2 cm³/mol. The monoisotopic (exact) mass is 312 g/mol. The van der Waals surface area contributed by atoms with Crippen molar-refractivity contribution in [1.29, 1.82) is 0 Å². The van der Waals surface area contributed by atoms with Crippen LogP contribution in [0.2, 0.25) is 0 Å². The SMILES string of the molecule is COCCNC(=S)NNC(=O)CNc1cccc(OC)c1. The van der Waals surface area contributed by atoms with Gasteiger partial charge in [0.15, 0.2) is 5.11 Å². The average molecular weight is 312 g/mol. The summed E-state index contributed by atoms with van der Waals surface area (Å²) in [5.41, 5.74) is 5.88. The third-order valence-electron chi connectivity index (χ3n) is 2.43. The highest BCUT2D eigenvalue weighted by atomic mass is 32.1. The Balaban J connectivity index is 2.23. The molecule has 0 aliphatic carbocycles. The van der Waals surface area contributed by atoms with Crippen molar-refractivity contribution in [3.63, 3.8) is 0 Å². The molecule has 0 saturated heterocycles. The number of ether oxygens (including phenoxy) is 2. The minimum atomic E-state index is -0.242. The first kappa shape index (κ1) is 17.0. The molecule has 0 fully saturated rings. The Kier molecular flexibility index (Phi) is 7.92. The molecule has 0 saturated carbocycles. The van der Waals surface area contributed by atoms with Gasteiger partial charge < -0.3 is 20.1 Å². The van der Waals surface area contributed by atoms with E-state index in [0.29, 0.717) is 18.3 Å². The van der Waals surface area contributed by atoms with Gasteiger partial charge in [-0.1, -0.05) is 6.07 Å². The summed E-state index contributed by atoms with van der Waals surface area (Å²) in [4.78, 5) is 11.6. The van der Waals surface area contributed by atoms with Crippen molar-refractivity contribution in [2.45, 2.75) is 0 Å². The molecule has 1 amide bonds. The second-order valence-electron chi connectivity index (χ2n) is 4.01. The molecule has 0 spiro atoms. The highest BCUT2D eigenvalue weighted by Crippen LogP contribution is 2.16. The number of nitrogens with one attached hydrogen (secondary N) is 4. The molecule has 0 heterocycles. The molecule has 0 unspecified atom stereocenters. The number of anilines is 1. The van der Waals surface area contributed by atoms with Gasteiger partial charge >= 0.3 is 0 Å². The van der Waals surface area contributed by atoms with Crippen molar-refractivity contribution in [2.75, 3.05) is 39.2 Å². The molecule has 116 valence electrons. The second-order valence-corrected chi connectivity index (χ2v) is 4.42. The van der Waals surface area contributed by atoms with Gasteiger partial charge in [-0.15, -0.1) is 0 Å². The number of thiocarbonyl (C=S) groups is 1. The van der Waals surface area contributed by atoms with Crippen LogP contribution in [0.5, 0.6) is 5.75 Å². The standard InChI is InChI=1S/C13H20N4O3S/c1-19-7-6-14-13(21)17-16-12(18)9-15-10-4-3-5-11(8-10)20-2/h3-5,8,15H,6-7,9H2,1-2H3,(H,16,18)(H2,14,17,21). The van der Waals surface area contributed by atoms with Crippen molar-refractivity contribution >= 4 is 28.9 Å². The summed E-state index contributed by atoms with van der Waals surface area (Å²) >= 11 is 4.97. The van der Waals surface area contributed by atoms with Crippen molar-refractivity contribution in [1.82, 2.24) is 16.2 Å². The molecule has 1 aromatic carbocycles. The van der Waals surface area contributed by atoms with Crippen molar-refractivity contribution in [2.24, 2.45) is 0 Å². The van der Waals surface area contributed by atoms with Crippen LogP contribution < -0.4 is 26.2 Å². The first-order valence-electron chi connectivity index (χ1n) is 6.35. The van der Waals surface area contributed by atoms with Crippen LogP contribution in [0, 0.1) is 0 Å². The number of methoxy groups -OCH3 is 2. The van der Waals surface area contributed by atoms with Gasteiger partial charge in [0.2, 0.25) is 0 Å². The maximum atomic E-state index is 11.6. The molecule has 0 aliphatic rings. The lowest BCUT2D eigenvalue weighted by atomic mass is 10.3. The lowest BCUT2D eigenvalue weighted by molar-refractivity contribution is -0.119. The van der Waals surface area contributed by atoms with Gasteiger partial charge in [0.1, 0.15) is 5.75 Å². The number of amides is 1. The maximum absolute atomic E-state index is 11.6. The van der Waals surface area contributed by atoms with E-state index in [9.17, 15) is 4.79 Å². The van der Waals surface area contributed by atoms with Crippen LogP contribution in [-0.4, -0.2) is 44.9 Å². The van der Waals surface area contributed by atoms with Crippen LogP contribution in [0.25, 0.3) is 0 Å². The van der Waals surface area contributed by atoms with Gasteiger partial charge in [-0.05, 0) is 24.4 Å². The molecule has 0 atom stereocenters. The van der Waals surface area contributed by atoms with E-state index >= 15 is 0 Å². The topological polar surface area (TPSA) is 83.7 Å². The van der Waals surface area contributed by atoms with E-state index in [4.69, 9.17) is 21.7 Å². The number of hydrogen-bond acceptors (Lipinski definition) is 5. The van der Waals surface area contributed by atoms with E-state index in [-0.39, 0.29) is 12.5 Å². The molecule has 0 bridgehead atoms. The summed E-state index contributed by atoms with van der Waals surface area (Å²) < 4.78 is 9.97. The first-order chi connectivity index (χ1) is 10.2. The lowest BCUT2D eigenvalue weighted by Gasteiger charge is -2.12. The summed E-state index contributed by atoms with van der Waals surface area (Å²) in [6.07, 6.45) is 0. The molecule has 1 rings (SSSR count). The molecule has 21 heavy (non-hydrogen) atoms. The van der Waals surface area contributed by atoms with E-state index in [1.54, 1.807) is 20.3 Å². The Bertz CT molecular complexity index is 470. The fraction of sp³-hybridized carbons (Fsp3) is 0.385. The summed E-state index contributed by atoms with van der Waals surface area (Å²) in [6.45, 7) is 1.22. The second kappa shape index (κ2) is 9.78. The summed E-state index contributed by atoms with van der Waals surface area (Å²) in [5.74, 6) is 0.482. The molecule has 7 nitrogen and oxygen atoms in total. The molecule has 0 aliphatic heterocycles. The van der Waals surface area contributed by atoms with E-state index in [0.717, 1.165) is 11.4 Å². The molecular weight excluding hydrogens is 292 g/mol. The van der Waals surface area contributed by atoms with Gasteiger partial charge in [0, 0.05) is 25.4 Å². The largest absolute Gasteiger partial charge is 0.497 e. The van der Waals surface area contributed by atoms with E-state index in [1.165, 1.54) is 0 Å². The summed E-state index contributed by atoms with van der Waals surface area (Å²) in [6, 6.07) is 7.32. The highest BCUT2D eigenvalue weighted by molar-refractivity contribution is 7.80. The molecule has 1 aromatic rings. The predicted octanol–water partition coefficient (Wildman–Crippen LogP) is 0.249. The van der Waals surface area contributed by atoms with Gasteiger partial charge in [0.05, 0.1) is 20.3 Å². The van der Waals surface area contributed by atoms with Gasteiger partial charge in [-0.3, -0.25) is 15.6 Å². The zero-order valence-corrected chi connectivity index (χ0v) is 12.9. The van der Waals surface area contributed by atoms with Gasteiger partial charge in [0.25, 0.3) is 5.91 Å². The number of carbonyl (C=O) groups is 1. The molecule has 8 heteroatoms. The molecule has 0 aromatic heterocycles. The summed E-state index contributed by atoms with van der Waals surface area (Å²) in [7, 11) is 3.19. The van der Waals surface area contributed by atoms with Crippen LogP contribution in [0.3, 0.4) is 0 Å². The number of hydrogen-bond donors (Lipinski definition) is 4. The van der Waals surface area contributed by atoms with Crippen molar-refractivity contribution < 1.29 is 14.3 Å². The maximum Gasteiger partial charge on any atom is 0.257 e. The molecule has 4 N–H and O–H groups in total. The van der Waals surface area contributed by atoms with Crippen LogP contribution in [-0.2, 0) is 9.53 Å². The normalized spacial score (nSPS) is 9.62. The first-order valence-corrected chi connectivity index (χ1v) is 6.76. The Morgan fingerprint density at radius 3 is 2.81 bits per heavy atom. The smallest absolute Gasteiger partial charge is 0.257 e. The molecular formula is C13H20N4O3S. The number of carbonyl (C=O) groups excluding carboxylic acids is 1. The van der Waals surface area contributed by atoms with E-state index in [2.05, 4.69) is 21.5 Å². The van der Waals surface area contributed by atoms with Crippen molar-refractivity contribution in [3.8, 4) is 5.75 Å². The number of rotatable bonds is 7. The number of benzene rings is 1. The fourth-order valence-corrected chi connectivity index (χ4v) is 1.55. The minimum absolute atomic E-state index is 0.112. The molecule has 0 radical (unpaired) electrons. The lowest BCUT2D eigenvalue weighted by Crippen LogP contribution is -2.48. The fourth-order valence-electron chi connectivity index (χ4n) is 1.40. The Hall–Kier alpha value is -2.06. The third kappa shape index (κ3) is 7.33. The zero-order chi connectivity index (χ0) is 15.5. The minimum Gasteiger partial charge on any atom is -0.497 e. The quantitative estimate of drug-likeness (QED) is 0.326. The highest BCUT2D eigenvalue weighted by Gasteiger charge is 2.02. The Morgan fingerprint density at radius 1 is 1.29 bits per heavy atom. The van der Waals surface area contributed by atoms with E-state index in [1.807, 2.05) is 18.2 Å².